The minimum atomic E-state index is -4.30. The fourth-order valence-corrected chi connectivity index (χ4v) is 1.74. The Balaban J connectivity index is 2.77. The number of rotatable bonds is 6. The fraction of sp³-hybridized carbons (Fsp3) is 0.500. The highest BCUT2D eigenvalue weighted by atomic mass is 19.4. The molecule has 0 saturated heterocycles. The van der Waals surface area contributed by atoms with Gasteiger partial charge in [-0.1, -0.05) is 18.2 Å². The molecule has 0 fully saturated rings. The summed E-state index contributed by atoms with van der Waals surface area (Å²) in [7, 11) is 0. The van der Waals surface area contributed by atoms with E-state index in [0.29, 0.717) is 38.3 Å². The highest BCUT2D eigenvalue weighted by Gasteiger charge is 2.30. The van der Waals surface area contributed by atoms with Crippen molar-refractivity contribution < 1.29 is 13.2 Å². The molecule has 3 nitrogen and oxygen atoms in total. The van der Waals surface area contributed by atoms with Crippen LogP contribution in [-0.2, 0) is 12.7 Å². The molecular weight excluding hydrogens is 243 g/mol. The van der Waals surface area contributed by atoms with Gasteiger partial charge in [-0.25, -0.2) is 0 Å². The van der Waals surface area contributed by atoms with Crippen LogP contribution < -0.4 is 11.5 Å². The van der Waals surface area contributed by atoms with Gasteiger partial charge in [-0.15, -0.1) is 0 Å². The molecule has 0 aliphatic carbocycles. The Hall–Kier alpha value is -1.11. The van der Waals surface area contributed by atoms with E-state index in [9.17, 15) is 13.2 Å². The number of hydrogen-bond acceptors (Lipinski definition) is 3. The maximum atomic E-state index is 12.5. The molecule has 0 atom stereocenters. The lowest BCUT2D eigenvalue weighted by Gasteiger charge is -2.21. The van der Waals surface area contributed by atoms with Crippen molar-refractivity contribution in [2.45, 2.75) is 12.7 Å². The van der Waals surface area contributed by atoms with Gasteiger partial charge >= 0.3 is 6.18 Å². The number of nitrogens with zero attached hydrogens (tertiary/aromatic N) is 1. The highest BCUT2D eigenvalue weighted by molar-refractivity contribution is 5.25. The van der Waals surface area contributed by atoms with Gasteiger partial charge in [0.1, 0.15) is 0 Å². The Bertz CT molecular complexity index is 360. The summed E-state index contributed by atoms with van der Waals surface area (Å²) < 4.78 is 37.6. The quantitative estimate of drug-likeness (QED) is 0.814. The summed E-state index contributed by atoms with van der Waals surface area (Å²) >= 11 is 0. The third-order valence-electron chi connectivity index (χ3n) is 2.55. The van der Waals surface area contributed by atoms with E-state index in [1.807, 2.05) is 4.90 Å². The summed E-state index contributed by atoms with van der Waals surface area (Å²) in [6.45, 7) is 2.58. The average Bonchev–Trinajstić information content (AvgIpc) is 2.29. The lowest BCUT2D eigenvalue weighted by atomic mass is 10.1. The van der Waals surface area contributed by atoms with Crippen LogP contribution in [0.3, 0.4) is 0 Å². The van der Waals surface area contributed by atoms with Crippen LogP contribution >= 0.6 is 0 Å². The van der Waals surface area contributed by atoms with Crippen LogP contribution in [0.15, 0.2) is 24.3 Å². The molecule has 4 N–H and O–H groups in total. The Kier molecular flexibility index (Phi) is 5.58. The van der Waals surface area contributed by atoms with Crippen LogP contribution in [-0.4, -0.2) is 31.1 Å². The summed E-state index contributed by atoms with van der Waals surface area (Å²) in [6, 6.07) is 5.33. The lowest BCUT2D eigenvalue weighted by molar-refractivity contribution is -0.137. The van der Waals surface area contributed by atoms with Gasteiger partial charge in [0.15, 0.2) is 0 Å². The monoisotopic (exact) mass is 261 g/mol. The van der Waals surface area contributed by atoms with Gasteiger partial charge in [0.25, 0.3) is 0 Å². The zero-order valence-electron chi connectivity index (χ0n) is 10.1. The van der Waals surface area contributed by atoms with Crippen molar-refractivity contribution in [1.29, 1.82) is 0 Å². The van der Waals surface area contributed by atoms with Crippen molar-refractivity contribution in [1.82, 2.24) is 4.90 Å². The van der Waals surface area contributed by atoms with Crippen LogP contribution in [0.5, 0.6) is 0 Å². The SMILES string of the molecule is NCCN(CCN)Cc1cccc(C(F)(F)F)c1. The Morgan fingerprint density at radius 1 is 1.06 bits per heavy atom. The van der Waals surface area contributed by atoms with E-state index in [-0.39, 0.29) is 0 Å². The van der Waals surface area contributed by atoms with Gasteiger partial charge in [-0.2, -0.15) is 13.2 Å². The molecule has 0 unspecified atom stereocenters. The van der Waals surface area contributed by atoms with Gasteiger partial charge in [-0.05, 0) is 11.6 Å². The van der Waals surface area contributed by atoms with Crippen molar-refractivity contribution in [2.24, 2.45) is 11.5 Å². The smallest absolute Gasteiger partial charge is 0.329 e. The standard InChI is InChI=1S/C12H18F3N3/c13-12(14,15)11-3-1-2-10(8-11)9-18(6-4-16)7-5-17/h1-3,8H,4-7,9,16-17H2. The van der Waals surface area contributed by atoms with Gasteiger partial charge in [0.05, 0.1) is 5.56 Å². The largest absolute Gasteiger partial charge is 0.416 e. The molecule has 0 bridgehead atoms. The van der Waals surface area contributed by atoms with Crippen LogP contribution in [0.4, 0.5) is 13.2 Å². The van der Waals surface area contributed by atoms with Crippen LogP contribution in [0.2, 0.25) is 0 Å². The molecule has 1 rings (SSSR count). The van der Waals surface area contributed by atoms with Crippen molar-refractivity contribution in [3.8, 4) is 0 Å². The molecule has 18 heavy (non-hydrogen) atoms. The van der Waals surface area contributed by atoms with Crippen LogP contribution in [0, 0.1) is 0 Å². The van der Waals surface area contributed by atoms with E-state index >= 15 is 0 Å². The lowest BCUT2D eigenvalue weighted by Crippen LogP contribution is -2.33. The van der Waals surface area contributed by atoms with E-state index in [2.05, 4.69) is 0 Å². The summed E-state index contributed by atoms with van der Waals surface area (Å²) in [4.78, 5) is 1.94. The van der Waals surface area contributed by atoms with Crippen molar-refractivity contribution in [2.75, 3.05) is 26.2 Å². The molecule has 102 valence electrons. The van der Waals surface area contributed by atoms with Gasteiger partial charge in [-0.3, -0.25) is 4.90 Å². The minimum Gasteiger partial charge on any atom is -0.329 e. The maximum Gasteiger partial charge on any atom is 0.416 e. The summed E-state index contributed by atoms with van der Waals surface area (Å²) in [5.41, 5.74) is 10.9. The molecule has 0 saturated carbocycles. The molecular formula is C12H18F3N3. The zero-order chi connectivity index (χ0) is 13.6. The topological polar surface area (TPSA) is 55.3 Å². The van der Waals surface area contributed by atoms with Gasteiger partial charge in [0.2, 0.25) is 0 Å². The van der Waals surface area contributed by atoms with Crippen LogP contribution in [0.1, 0.15) is 11.1 Å². The fourth-order valence-electron chi connectivity index (χ4n) is 1.74. The summed E-state index contributed by atoms with van der Waals surface area (Å²) in [6.07, 6.45) is -4.30. The zero-order valence-corrected chi connectivity index (χ0v) is 10.1. The molecule has 1 aromatic rings. The third-order valence-corrected chi connectivity index (χ3v) is 2.55. The number of alkyl halides is 3. The number of hydrogen-bond donors (Lipinski definition) is 2. The average molecular weight is 261 g/mol. The first kappa shape index (κ1) is 14.9. The Morgan fingerprint density at radius 3 is 2.17 bits per heavy atom. The molecule has 0 heterocycles. The number of halogens is 3. The maximum absolute atomic E-state index is 12.5. The van der Waals surface area contributed by atoms with Crippen molar-refractivity contribution in [3.63, 3.8) is 0 Å². The van der Waals surface area contributed by atoms with E-state index < -0.39 is 11.7 Å². The van der Waals surface area contributed by atoms with E-state index in [0.717, 1.165) is 6.07 Å². The Labute approximate surface area is 105 Å². The molecule has 0 amide bonds. The van der Waals surface area contributed by atoms with Gasteiger partial charge < -0.3 is 11.5 Å². The molecule has 0 spiro atoms. The van der Waals surface area contributed by atoms with E-state index in [4.69, 9.17) is 11.5 Å². The molecule has 0 radical (unpaired) electrons. The predicted octanol–water partition coefficient (Wildman–Crippen LogP) is 1.42. The van der Waals surface area contributed by atoms with Crippen molar-refractivity contribution >= 4 is 0 Å². The first-order chi connectivity index (χ1) is 8.47. The van der Waals surface area contributed by atoms with Crippen LogP contribution in [0.25, 0.3) is 0 Å². The highest BCUT2D eigenvalue weighted by Crippen LogP contribution is 2.29. The first-order valence-corrected chi connectivity index (χ1v) is 5.76. The second-order valence-electron chi connectivity index (χ2n) is 4.05. The minimum absolute atomic E-state index is 0.429. The number of nitrogens with two attached hydrogens (primary N) is 2. The Morgan fingerprint density at radius 2 is 1.67 bits per heavy atom. The molecule has 1 aromatic carbocycles. The first-order valence-electron chi connectivity index (χ1n) is 5.76. The predicted molar refractivity (Wildman–Crippen MR) is 64.8 cm³/mol. The normalized spacial score (nSPS) is 12.1. The summed E-state index contributed by atoms with van der Waals surface area (Å²) in [5.74, 6) is 0. The van der Waals surface area contributed by atoms with E-state index in [1.165, 1.54) is 12.1 Å². The number of benzene rings is 1. The second-order valence-corrected chi connectivity index (χ2v) is 4.05. The second kappa shape index (κ2) is 6.72. The van der Waals surface area contributed by atoms with Crippen molar-refractivity contribution in [3.05, 3.63) is 35.4 Å². The van der Waals surface area contributed by atoms with Gasteiger partial charge in [0, 0.05) is 32.7 Å². The molecule has 6 heteroatoms. The molecule has 0 aliphatic rings. The van der Waals surface area contributed by atoms with E-state index in [1.54, 1.807) is 6.07 Å². The third kappa shape index (κ3) is 4.64. The summed E-state index contributed by atoms with van der Waals surface area (Å²) in [5, 5.41) is 0. The molecule has 0 aromatic heterocycles. The molecule has 0 aliphatic heterocycles.